The number of ether oxygens (including phenoxy) is 1. The molecule has 0 bridgehead atoms. The Labute approximate surface area is 195 Å². The summed E-state index contributed by atoms with van der Waals surface area (Å²) in [4.78, 5) is 12.8. The Morgan fingerprint density at radius 2 is 1.97 bits per heavy atom. The van der Waals surface area contributed by atoms with E-state index in [-0.39, 0.29) is 10.1 Å². The van der Waals surface area contributed by atoms with Crippen molar-refractivity contribution in [1.29, 1.82) is 0 Å². The summed E-state index contributed by atoms with van der Waals surface area (Å²) in [5.74, 6) is -7.53. The smallest absolute Gasteiger partial charge is 0.428 e. The minimum Gasteiger partial charge on any atom is -0.428 e. The van der Waals surface area contributed by atoms with Crippen LogP contribution in [0.2, 0.25) is 4.34 Å². The van der Waals surface area contributed by atoms with E-state index in [4.69, 9.17) is 11.6 Å². The van der Waals surface area contributed by atoms with Gasteiger partial charge in [0.2, 0.25) is 0 Å². The number of hydrogen-bond donors (Lipinski definition) is 0. The van der Waals surface area contributed by atoms with Crippen molar-refractivity contribution in [3.05, 3.63) is 34.1 Å². The molecule has 6 nitrogen and oxygen atoms in total. The van der Waals surface area contributed by atoms with Crippen molar-refractivity contribution in [3.63, 3.8) is 0 Å². The number of alkyl halides is 7. The summed E-state index contributed by atoms with van der Waals surface area (Å²) < 4.78 is 98.0. The number of carbonyl (C=O) groups excluding carboxylic acids is 1. The van der Waals surface area contributed by atoms with Gasteiger partial charge in [-0.2, -0.15) is 40.9 Å². The fourth-order valence-electron chi connectivity index (χ4n) is 3.25. The molecule has 3 aromatic heterocycles. The van der Waals surface area contributed by atoms with Crippen LogP contribution in [0.5, 0.6) is 5.75 Å². The number of rotatable bonds is 8. The van der Waals surface area contributed by atoms with Crippen molar-refractivity contribution >= 4 is 28.7 Å². The molecule has 3 heterocycles. The molecular weight excluding hydrogens is 517 g/mol. The van der Waals surface area contributed by atoms with Crippen molar-refractivity contribution < 1.29 is 40.3 Å². The third-order valence-electron chi connectivity index (χ3n) is 5.08. The second-order valence-corrected chi connectivity index (χ2v) is 9.27. The number of halogens is 8. The molecule has 0 spiro atoms. The van der Waals surface area contributed by atoms with Gasteiger partial charge >= 0.3 is 18.7 Å². The highest BCUT2D eigenvalue weighted by Gasteiger charge is 2.62. The van der Waals surface area contributed by atoms with Crippen LogP contribution in [0.15, 0.2) is 18.5 Å². The van der Waals surface area contributed by atoms with Crippen molar-refractivity contribution in [3.8, 4) is 22.0 Å². The summed E-state index contributed by atoms with van der Waals surface area (Å²) in [6.07, 6.45) is -1.42. The monoisotopic (exact) mass is 530 g/mol. The maximum Gasteiger partial charge on any atom is 0.459 e. The third-order valence-corrected chi connectivity index (χ3v) is 6.48. The Balaban J connectivity index is 1.73. The third kappa shape index (κ3) is 4.52. The van der Waals surface area contributed by atoms with Gasteiger partial charge in [0.1, 0.15) is 4.34 Å². The highest BCUT2D eigenvalue weighted by molar-refractivity contribution is 7.19. The van der Waals surface area contributed by atoms with Gasteiger partial charge in [-0.1, -0.05) is 11.6 Å². The predicted molar refractivity (Wildman–Crippen MR) is 107 cm³/mol. The molecule has 184 valence electrons. The Bertz CT molecular complexity index is 1230. The second kappa shape index (κ2) is 8.56. The quantitative estimate of drug-likeness (QED) is 0.256. The van der Waals surface area contributed by atoms with Crippen molar-refractivity contribution in [2.24, 2.45) is 13.0 Å². The zero-order valence-corrected chi connectivity index (χ0v) is 18.6. The Hall–Kier alpha value is -2.61. The average Bonchev–Trinajstić information content (AvgIpc) is 3.11. The first-order chi connectivity index (χ1) is 15.8. The predicted octanol–water partition coefficient (Wildman–Crippen LogP) is 6.23. The molecule has 34 heavy (non-hydrogen) atoms. The van der Waals surface area contributed by atoms with E-state index in [0.717, 1.165) is 35.9 Å². The number of nitrogens with zero attached hydrogens (tertiary/aromatic N) is 4. The highest BCUT2D eigenvalue weighted by Crippen LogP contribution is 2.48. The lowest BCUT2D eigenvalue weighted by atomic mass is 10.1. The summed E-state index contributed by atoms with van der Waals surface area (Å²) in [5.41, 5.74) is -1.41. The number of ketones is 1. The lowest BCUT2D eigenvalue weighted by Gasteiger charge is -2.18. The Kier molecular flexibility index (Phi) is 6.17. The average molecular weight is 531 g/mol. The van der Waals surface area contributed by atoms with E-state index < -0.39 is 36.0 Å². The molecule has 0 unspecified atom stereocenters. The van der Waals surface area contributed by atoms with Crippen LogP contribution in [-0.2, 0) is 13.0 Å². The molecule has 4 rings (SSSR count). The maximum absolute atomic E-state index is 14.0. The van der Waals surface area contributed by atoms with Crippen LogP contribution in [-0.4, -0.2) is 38.1 Å². The Morgan fingerprint density at radius 1 is 1.29 bits per heavy atom. The highest BCUT2D eigenvalue weighted by atomic mass is 35.5. The van der Waals surface area contributed by atoms with E-state index >= 15 is 0 Å². The number of carbonyl (C=O) groups is 1. The number of hydrogen-bond acceptors (Lipinski definition) is 5. The largest absolute Gasteiger partial charge is 0.459 e. The zero-order chi connectivity index (χ0) is 25.0. The molecule has 0 amide bonds. The molecule has 0 aromatic carbocycles. The normalized spacial score (nSPS) is 14.8. The minimum absolute atomic E-state index is 0.138. The van der Waals surface area contributed by atoms with Crippen LogP contribution in [0, 0.1) is 5.92 Å². The molecule has 0 aliphatic heterocycles. The molecular formula is C19H14ClF7N4O2S. The summed E-state index contributed by atoms with van der Waals surface area (Å²) >= 11 is 7.22. The molecule has 3 aromatic rings. The summed E-state index contributed by atoms with van der Waals surface area (Å²) in [5, 5.41) is 6.97. The van der Waals surface area contributed by atoms with Gasteiger partial charge in [0, 0.05) is 35.7 Å². The summed E-state index contributed by atoms with van der Waals surface area (Å²) in [7, 11) is 0.974. The lowest BCUT2D eigenvalue weighted by Crippen LogP contribution is -2.34. The van der Waals surface area contributed by atoms with Crippen LogP contribution >= 0.6 is 22.9 Å². The first-order valence-corrected chi connectivity index (χ1v) is 10.8. The van der Waals surface area contributed by atoms with Crippen LogP contribution in [0.1, 0.15) is 35.3 Å². The molecule has 1 fully saturated rings. The zero-order valence-electron chi connectivity index (χ0n) is 17.0. The molecule has 1 saturated carbocycles. The van der Waals surface area contributed by atoms with Crippen molar-refractivity contribution in [1.82, 2.24) is 19.6 Å². The molecule has 1 aliphatic rings. The van der Waals surface area contributed by atoms with Gasteiger partial charge in [-0.3, -0.25) is 4.79 Å². The minimum atomic E-state index is -6.11. The number of Topliss-reactive ketones (excluding diaryl/α,β-unsaturated/α-hetero) is 1. The number of thiophene rings is 1. The van der Waals surface area contributed by atoms with E-state index in [1.807, 2.05) is 0 Å². The van der Waals surface area contributed by atoms with E-state index in [0.29, 0.717) is 33.0 Å². The summed E-state index contributed by atoms with van der Waals surface area (Å²) in [6.45, 7) is -3.71. The topological polar surface area (TPSA) is 61.9 Å². The van der Waals surface area contributed by atoms with E-state index in [1.54, 1.807) is 0 Å². The van der Waals surface area contributed by atoms with E-state index in [1.165, 1.54) is 18.5 Å². The SMILES string of the molecule is Cn1nc(C(F)(F)C(F)(F)F)c(OC(F)F)c1-n1cc(-c2cc(C(=O)CC3CC3)c(Cl)s2)cn1. The van der Waals surface area contributed by atoms with Crippen LogP contribution in [0.4, 0.5) is 30.7 Å². The number of aromatic nitrogens is 4. The maximum atomic E-state index is 14.0. The van der Waals surface area contributed by atoms with Gasteiger partial charge in [0.15, 0.2) is 23.0 Å². The molecule has 0 radical (unpaired) electrons. The van der Waals surface area contributed by atoms with Crippen LogP contribution < -0.4 is 4.74 Å². The van der Waals surface area contributed by atoms with Gasteiger partial charge in [0.25, 0.3) is 0 Å². The molecule has 15 heteroatoms. The fraction of sp³-hybridized carbons (Fsp3) is 0.421. The van der Waals surface area contributed by atoms with E-state index in [2.05, 4.69) is 14.9 Å². The number of aryl methyl sites for hydroxylation is 1. The van der Waals surface area contributed by atoms with Crippen LogP contribution in [0.3, 0.4) is 0 Å². The van der Waals surface area contributed by atoms with Crippen molar-refractivity contribution in [2.75, 3.05) is 0 Å². The van der Waals surface area contributed by atoms with Gasteiger partial charge in [-0.05, 0) is 24.8 Å². The second-order valence-electron chi connectivity index (χ2n) is 7.62. The van der Waals surface area contributed by atoms with Crippen molar-refractivity contribution in [2.45, 2.75) is 38.0 Å². The van der Waals surface area contributed by atoms with Gasteiger partial charge in [-0.15, -0.1) is 11.3 Å². The first kappa shape index (κ1) is 24.5. The fourth-order valence-corrected chi connectivity index (χ4v) is 4.53. The van der Waals surface area contributed by atoms with Gasteiger partial charge in [-0.25, -0.2) is 9.36 Å². The first-order valence-electron chi connectivity index (χ1n) is 9.64. The molecule has 0 atom stereocenters. The van der Waals surface area contributed by atoms with Gasteiger partial charge in [0.05, 0.1) is 6.20 Å². The summed E-state index contributed by atoms with van der Waals surface area (Å²) in [6, 6.07) is 1.52. The van der Waals surface area contributed by atoms with E-state index in [9.17, 15) is 35.5 Å². The molecule has 0 saturated heterocycles. The van der Waals surface area contributed by atoms with Gasteiger partial charge < -0.3 is 4.74 Å². The molecule has 0 N–H and O–H groups in total. The molecule has 1 aliphatic carbocycles. The lowest BCUT2D eigenvalue weighted by molar-refractivity contribution is -0.291. The standard InChI is InChI=1S/C19H14ClF7N4O2S/c1-30-16(13(33-17(21)22)14(29-30)18(23,24)19(25,26)27)31-7-9(6-28-31)12-5-10(15(20)34-12)11(32)4-8-2-3-8/h5-8,17H,2-4H2,1H3. The Morgan fingerprint density at radius 3 is 2.56 bits per heavy atom. The van der Waals surface area contributed by atoms with Crippen LogP contribution in [0.25, 0.3) is 16.3 Å².